The first-order valence-electron chi connectivity index (χ1n) is 10.9. The number of aromatic nitrogens is 3. The molecule has 0 radical (unpaired) electrons. The van der Waals surface area contributed by atoms with Gasteiger partial charge >= 0.3 is 0 Å². The SMILES string of the molecule is COc1nccc2c(=O)n(C)c(N3C=CC(OC4CCN(C5CCC5)CC4)=NC3)nc12. The average molecular weight is 425 g/mol. The van der Waals surface area contributed by atoms with Gasteiger partial charge in [-0.25, -0.2) is 15.0 Å². The average Bonchev–Trinajstić information content (AvgIpc) is 2.76. The molecule has 0 N–H and O–H groups in total. The van der Waals surface area contributed by atoms with Gasteiger partial charge in [0.15, 0.2) is 0 Å². The number of methoxy groups -OCH3 is 1. The van der Waals surface area contributed by atoms with Crippen LogP contribution in [0.2, 0.25) is 0 Å². The predicted octanol–water partition coefficient (Wildman–Crippen LogP) is 2.06. The number of likely N-dealkylation sites (tertiary alicyclic amines) is 1. The van der Waals surface area contributed by atoms with Crippen molar-refractivity contribution >= 4 is 22.7 Å². The number of piperidine rings is 1. The number of ether oxygens (including phenoxy) is 2. The first kappa shape index (κ1) is 20.0. The topological polar surface area (TPSA) is 85.1 Å². The first-order chi connectivity index (χ1) is 15.1. The third-order valence-corrected chi connectivity index (χ3v) is 6.52. The van der Waals surface area contributed by atoms with Crippen LogP contribution in [0.4, 0.5) is 5.95 Å². The van der Waals surface area contributed by atoms with Crippen LogP contribution in [0.5, 0.6) is 5.88 Å². The zero-order valence-electron chi connectivity index (χ0n) is 18.0. The lowest BCUT2D eigenvalue weighted by molar-refractivity contribution is 0.0447. The summed E-state index contributed by atoms with van der Waals surface area (Å²) < 4.78 is 13.0. The molecule has 0 amide bonds. The molecule has 1 saturated heterocycles. The van der Waals surface area contributed by atoms with E-state index < -0.39 is 0 Å². The van der Waals surface area contributed by atoms with Crippen molar-refractivity contribution in [1.82, 2.24) is 19.4 Å². The van der Waals surface area contributed by atoms with Gasteiger partial charge in [-0.05, 0) is 31.7 Å². The Labute approximate surface area is 181 Å². The number of fused-ring (bicyclic) bond motifs is 1. The van der Waals surface area contributed by atoms with Gasteiger partial charge in [0, 0.05) is 44.7 Å². The van der Waals surface area contributed by atoms with Gasteiger partial charge in [0.1, 0.15) is 18.3 Å². The molecule has 31 heavy (non-hydrogen) atoms. The lowest BCUT2D eigenvalue weighted by Crippen LogP contribution is -2.46. The van der Waals surface area contributed by atoms with Crippen LogP contribution >= 0.6 is 0 Å². The minimum Gasteiger partial charge on any atom is -0.479 e. The van der Waals surface area contributed by atoms with Gasteiger partial charge in [-0.3, -0.25) is 14.3 Å². The van der Waals surface area contributed by atoms with Crippen LogP contribution < -0.4 is 15.2 Å². The van der Waals surface area contributed by atoms with E-state index in [2.05, 4.69) is 19.9 Å². The summed E-state index contributed by atoms with van der Waals surface area (Å²) >= 11 is 0. The van der Waals surface area contributed by atoms with Gasteiger partial charge in [0.25, 0.3) is 5.56 Å². The summed E-state index contributed by atoms with van der Waals surface area (Å²) in [6, 6.07) is 2.46. The highest BCUT2D eigenvalue weighted by Crippen LogP contribution is 2.28. The van der Waals surface area contributed by atoms with Crippen molar-refractivity contribution in [2.75, 3.05) is 31.8 Å². The number of rotatable bonds is 4. The van der Waals surface area contributed by atoms with Crippen molar-refractivity contribution < 1.29 is 9.47 Å². The zero-order valence-corrected chi connectivity index (χ0v) is 18.0. The summed E-state index contributed by atoms with van der Waals surface area (Å²) in [6.07, 6.45) is 11.6. The summed E-state index contributed by atoms with van der Waals surface area (Å²) in [5, 5.41) is 0.472. The van der Waals surface area contributed by atoms with Crippen LogP contribution in [0.1, 0.15) is 32.1 Å². The summed E-state index contributed by atoms with van der Waals surface area (Å²) in [4.78, 5) is 30.6. The van der Waals surface area contributed by atoms with E-state index in [1.54, 1.807) is 19.3 Å². The highest BCUT2D eigenvalue weighted by atomic mass is 16.5. The molecule has 0 aromatic carbocycles. The Kier molecular flexibility index (Phi) is 5.35. The van der Waals surface area contributed by atoms with Crippen LogP contribution in [0.3, 0.4) is 0 Å². The van der Waals surface area contributed by atoms with Crippen molar-refractivity contribution in [3.63, 3.8) is 0 Å². The molecule has 3 aliphatic rings. The molecule has 2 aliphatic heterocycles. The second-order valence-electron chi connectivity index (χ2n) is 8.35. The normalized spacial score (nSPS) is 20.6. The maximum atomic E-state index is 12.8. The molecule has 5 rings (SSSR count). The van der Waals surface area contributed by atoms with Crippen molar-refractivity contribution in [3.8, 4) is 5.88 Å². The van der Waals surface area contributed by atoms with Crippen LogP contribution in [-0.4, -0.2) is 64.3 Å². The molecular formula is C22H28N6O3. The highest BCUT2D eigenvalue weighted by molar-refractivity contribution is 5.89. The Balaban J connectivity index is 1.27. The van der Waals surface area contributed by atoms with Gasteiger partial charge in [0.2, 0.25) is 17.7 Å². The molecule has 1 saturated carbocycles. The third kappa shape index (κ3) is 3.78. The van der Waals surface area contributed by atoms with Gasteiger partial charge in [-0.15, -0.1) is 0 Å². The second kappa shape index (κ2) is 8.30. The summed E-state index contributed by atoms with van der Waals surface area (Å²) in [6.45, 7) is 2.55. The largest absolute Gasteiger partial charge is 0.479 e. The summed E-state index contributed by atoms with van der Waals surface area (Å²) in [7, 11) is 3.22. The Morgan fingerprint density at radius 2 is 1.97 bits per heavy atom. The Hall–Kier alpha value is -2.94. The van der Waals surface area contributed by atoms with Gasteiger partial charge in [-0.2, -0.15) is 0 Å². The molecule has 9 nitrogen and oxygen atoms in total. The number of hydrogen-bond acceptors (Lipinski definition) is 8. The Bertz CT molecular complexity index is 1080. The van der Waals surface area contributed by atoms with E-state index in [1.165, 1.54) is 30.9 Å². The van der Waals surface area contributed by atoms with Crippen LogP contribution in [0.25, 0.3) is 10.9 Å². The molecule has 0 spiro atoms. The number of pyridine rings is 1. The maximum absolute atomic E-state index is 12.8. The van der Waals surface area contributed by atoms with E-state index in [4.69, 9.17) is 9.47 Å². The molecule has 0 unspecified atom stereocenters. The van der Waals surface area contributed by atoms with Crippen molar-refractivity contribution in [2.45, 2.75) is 44.2 Å². The quantitative estimate of drug-likeness (QED) is 0.743. The molecule has 2 aromatic heterocycles. The van der Waals surface area contributed by atoms with Crippen molar-refractivity contribution in [1.29, 1.82) is 0 Å². The molecule has 164 valence electrons. The fourth-order valence-electron chi connectivity index (χ4n) is 4.46. The summed E-state index contributed by atoms with van der Waals surface area (Å²) in [5.41, 5.74) is 0.291. The molecule has 2 aromatic rings. The van der Waals surface area contributed by atoms with E-state index in [9.17, 15) is 4.79 Å². The van der Waals surface area contributed by atoms with Gasteiger partial charge in [-0.1, -0.05) is 6.42 Å². The molecule has 9 heteroatoms. The Morgan fingerprint density at radius 3 is 2.61 bits per heavy atom. The molecule has 2 fully saturated rings. The molecule has 0 bridgehead atoms. The number of anilines is 1. The molecular weight excluding hydrogens is 396 g/mol. The molecule has 1 aliphatic carbocycles. The Morgan fingerprint density at radius 1 is 1.16 bits per heavy atom. The minimum absolute atomic E-state index is 0.154. The van der Waals surface area contributed by atoms with Crippen LogP contribution in [0.15, 0.2) is 34.3 Å². The van der Waals surface area contributed by atoms with E-state index >= 15 is 0 Å². The van der Waals surface area contributed by atoms with E-state index in [-0.39, 0.29) is 11.7 Å². The summed E-state index contributed by atoms with van der Waals surface area (Å²) in [5.74, 6) is 1.46. The van der Waals surface area contributed by atoms with E-state index in [0.29, 0.717) is 35.3 Å². The fourth-order valence-corrected chi connectivity index (χ4v) is 4.46. The first-order valence-corrected chi connectivity index (χ1v) is 10.9. The lowest BCUT2D eigenvalue weighted by atomic mass is 9.90. The van der Waals surface area contributed by atoms with Crippen LogP contribution in [0, 0.1) is 0 Å². The standard InChI is InChI=1S/C22H28N6O3/c1-26-21(29)17-6-10-23-20(30-2)19(17)25-22(26)28-13-9-18(24-14-28)31-16-7-11-27(12-8-16)15-4-3-5-15/h6,9-10,13,15-16H,3-5,7-8,11-12,14H2,1-2H3. The van der Waals surface area contributed by atoms with E-state index in [0.717, 1.165) is 32.0 Å². The monoisotopic (exact) mass is 424 g/mol. The minimum atomic E-state index is -0.154. The van der Waals surface area contributed by atoms with Crippen molar-refractivity contribution in [2.24, 2.45) is 12.0 Å². The van der Waals surface area contributed by atoms with E-state index in [1.807, 2.05) is 17.2 Å². The second-order valence-corrected chi connectivity index (χ2v) is 8.35. The van der Waals surface area contributed by atoms with Crippen LogP contribution in [-0.2, 0) is 11.8 Å². The van der Waals surface area contributed by atoms with Gasteiger partial charge < -0.3 is 14.4 Å². The molecule has 4 heterocycles. The molecule has 0 atom stereocenters. The zero-order chi connectivity index (χ0) is 21.4. The number of hydrogen-bond donors (Lipinski definition) is 0. The fraction of sp³-hybridized carbons (Fsp3) is 0.545. The number of aliphatic imine (C=N–C) groups is 1. The predicted molar refractivity (Wildman–Crippen MR) is 119 cm³/mol. The number of nitrogens with zero attached hydrogens (tertiary/aromatic N) is 6. The van der Waals surface area contributed by atoms with Gasteiger partial charge in [0.05, 0.1) is 12.5 Å². The maximum Gasteiger partial charge on any atom is 0.262 e. The lowest BCUT2D eigenvalue weighted by Gasteiger charge is -2.41. The smallest absolute Gasteiger partial charge is 0.262 e. The third-order valence-electron chi connectivity index (χ3n) is 6.52. The van der Waals surface area contributed by atoms with Crippen molar-refractivity contribution in [3.05, 3.63) is 34.9 Å². The highest BCUT2D eigenvalue weighted by Gasteiger charge is 2.29.